The van der Waals surface area contributed by atoms with Crippen molar-refractivity contribution >= 4 is 29.1 Å². The van der Waals surface area contributed by atoms with Crippen LogP contribution in [0.4, 0.5) is 0 Å². The number of hydrogen-bond donors (Lipinski definition) is 1. The summed E-state index contributed by atoms with van der Waals surface area (Å²) < 4.78 is 0. The Bertz CT molecular complexity index is 674. The molecule has 1 fully saturated rings. The number of amides is 2. The van der Waals surface area contributed by atoms with E-state index in [1.54, 1.807) is 7.05 Å². The molecule has 1 N–H and O–H groups in total. The van der Waals surface area contributed by atoms with E-state index in [-0.39, 0.29) is 17.9 Å². The van der Waals surface area contributed by atoms with E-state index in [9.17, 15) is 9.59 Å². The third kappa shape index (κ3) is 4.80. The molecule has 2 amide bonds. The van der Waals surface area contributed by atoms with Crippen molar-refractivity contribution in [1.29, 1.82) is 0 Å². The number of hydrogen-bond acceptors (Lipinski definition) is 4. The van der Waals surface area contributed by atoms with E-state index in [0.717, 1.165) is 37.5 Å². The van der Waals surface area contributed by atoms with E-state index >= 15 is 0 Å². The summed E-state index contributed by atoms with van der Waals surface area (Å²) in [5.41, 5.74) is 1.66. The van der Waals surface area contributed by atoms with Gasteiger partial charge in [-0.2, -0.15) is 5.10 Å². The average Bonchev–Trinajstić information content (AvgIpc) is 2.59. The maximum Gasteiger partial charge on any atom is 0.267 e. The smallest absolute Gasteiger partial charge is 0.267 e. The van der Waals surface area contributed by atoms with Gasteiger partial charge in [-0.3, -0.25) is 14.5 Å². The van der Waals surface area contributed by atoms with Gasteiger partial charge in [0.15, 0.2) is 0 Å². The number of hydrazone groups is 1. The molecule has 2 aliphatic heterocycles. The Balaban J connectivity index is 1.54. The van der Waals surface area contributed by atoms with Crippen molar-refractivity contribution < 1.29 is 9.59 Å². The highest BCUT2D eigenvalue weighted by Gasteiger charge is 2.26. The van der Waals surface area contributed by atoms with Crippen LogP contribution in [0.15, 0.2) is 29.4 Å². The zero-order valence-corrected chi connectivity index (χ0v) is 15.1. The average molecular weight is 363 g/mol. The molecule has 3 rings (SSSR count). The lowest BCUT2D eigenvalue weighted by atomic mass is 10.0. The van der Waals surface area contributed by atoms with E-state index in [1.807, 2.05) is 24.3 Å². The van der Waals surface area contributed by atoms with Gasteiger partial charge in [0.05, 0.1) is 0 Å². The molecular formula is C18H23ClN4O2. The Labute approximate surface area is 152 Å². The lowest BCUT2D eigenvalue weighted by molar-refractivity contribution is -0.130. The van der Waals surface area contributed by atoms with Crippen molar-refractivity contribution in [3.05, 3.63) is 34.9 Å². The zero-order valence-electron chi connectivity index (χ0n) is 14.4. The number of benzene rings is 1. The Morgan fingerprint density at radius 3 is 2.80 bits per heavy atom. The number of likely N-dealkylation sites (tertiary alicyclic amines) is 1. The highest BCUT2D eigenvalue weighted by molar-refractivity contribution is 6.39. The quantitative estimate of drug-likeness (QED) is 0.891. The molecule has 2 aliphatic rings. The molecule has 0 bridgehead atoms. The minimum Gasteiger partial charge on any atom is -0.347 e. The largest absolute Gasteiger partial charge is 0.347 e. The van der Waals surface area contributed by atoms with Gasteiger partial charge in [0, 0.05) is 44.0 Å². The van der Waals surface area contributed by atoms with Crippen LogP contribution in [0, 0.1) is 0 Å². The van der Waals surface area contributed by atoms with Gasteiger partial charge in [0.2, 0.25) is 5.91 Å². The zero-order chi connectivity index (χ0) is 17.8. The molecule has 0 unspecified atom stereocenters. The molecule has 1 atom stereocenters. The first-order valence-electron chi connectivity index (χ1n) is 8.63. The van der Waals surface area contributed by atoms with Gasteiger partial charge < -0.3 is 5.32 Å². The molecule has 7 heteroatoms. The van der Waals surface area contributed by atoms with Crippen LogP contribution in [0.3, 0.4) is 0 Å². The lowest BCUT2D eigenvalue weighted by Gasteiger charge is -2.33. The van der Waals surface area contributed by atoms with E-state index in [0.29, 0.717) is 18.6 Å². The molecule has 25 heavy (non-hydrogen) atoms. The van der Waals surface area contributed by atoms with E-state index in [1.165, 1.54) is 10.6 Å². The van der Waals surface area contributed by atoms with E-state index in [2.05, 4.69) is 15.3 Å². The van der Waals surface area contributed by atoms with Crippen LogP contribution in [0.1, 0.15) is 31.2 Å². The summed E-state index contributed by atoms with van der Waals surface area (Å²) in [7, 11) is 1.59. The van der Waals surface area contributed by atoms with Crippen molar-refractivity contribution in [3.63, 3.8) is 0 Å². The Kier molecular flexibility index (Phi) is 5.71. The second-order valence-corrected chi connectivity index (χ2v) is 7.07. The normalized spacial score (nSPS) is 21.8. The van der Waals surface area contributed by atoms with Crippen LogP contribution >= 0.6 is 11.6 Å². The molecule has 1 aromatic rings. The number of carbonyl (C=O) groups is 2. The van der Waals surface area contributed by atoms with E-state index < -0.39 is 0 Å². The third-order valence-electron chi connectivity index (χ3n) is 4.63. The Morgan fingerprint density at radius 1 is 1.32 bits per heavy atom. The number of halogens is 1. The molecular weight excluding hydrogens is 340 g/mol. The predicted molar refractivity (Wildman–Crippen MR) is 97.3 cm³/mol. The SMILES string of the molecule is CN1N=C(C(=O)N[C@H]2CCCN(Cc3ccc(Cl)cc3)C2)CCC1=O. The summed E-state index contributed by atoms with van der Waals surface area (Å²) in [4.78, 5) is 26.2. The Hall–Kier alpha value is -1.92. The van der Waals surface area contributed by atoms with Gasteiger partial charge in [0.25, 0.3) is 5.91 Å². The summed E-state index contributed by atoms with van der Waals surface area (Å²) in [6, 6.07) is 7.99. The van der Waals surface area contributed by atoms with Crippen molar-refractivity contribution in [3.8, 4) is 0 Å². The molecule has 6 nitrogen and oxygen atoms in total. The van der Waals surface area contributed by atoms with Crippen LogP contribution in [0.25, 0.3) is 0 Å². The minimum absolute atomic E-state index is 0.0524. The van der Waals surface area contributed by atoms with Gasteiger partial charge in [0.1, 0.15) is 5.71 Å². The topological polar surface area (TPSA) is 65.0 Å². The standard InChI is InChI=1S/C18H23ClN4O2/c1-22-17(24)9-8-16(21-22)18(25)20-15-3-2-10-23(12-15)11-13-4-6-14(19)7-5-13/h4-7,15H,2-3,8-12H2,1H3,(H,20,25)/t15-/m0/s1. The first-order chi connectivity index (χ1) is 12.0. The third-order valence-corrected chi connectivity index (χ3v) is 4.88. The summed E-state index contributed by atoms with van der Waals surface area (Å²) in [6.45, 7) is 2.69. The van der Waals surface area contributed by atoms with Gasteiger partial charge in [-0.15, -0.1) is 0 Å². The maximum atomic E-state index is 12.4. The highest BCUT2D eigenvalue weighted by Crippen LogP contribution is 2.16. The molecule has 1 saturated heterocycles. The van der Waals surface area contributed by atoms with Gasteiger partial charge in [-0.1, -0.05) is 23.7 Å². The van der Waals surface area contributed by atoms with Crippen molar-refractivity contribution in [2.45, 2.75) is 38.3 Å². The molecule has 0 spiro atoms. The number of rotatable bonds is 4. The van der Waals surface area contributed by atoms with Crippen molar-refractivity contribution in [2.24, 2.45) is 5.10 Å². The minimum atomic E-state index is -0.155. The second kappa shape index (κ2) is 7.97. The highest BCUT2D eigenvalue weighted by atomic mass is 35.5. The van der Waals surface area contributed by atoms with Crippen molar-refractivity contribution in [2.75, 3.05) is 20.1 Å². The number of nitrogens with zero attached hydrogens (tertiary/aromatic N) is 3. The maximum absolute atomic E-state index is 12.4. The fourth-order valence-corrected chi connectivity index (χ4v) is 3.39. The van der Waals surface area contributed by atoms with Gasteiger partial charge in [-0.05, 0) is 37.1 Å². The predicted octanol–water partition coefficient (Wildman–Crippen LogP) is 2.03. The molecule has 1 aromatic carbocycles. The summed E-state index contributed by atoms with van der Waals surface area (Å²) in [6.07, 6.45) is 2.76. The molecule has 0 aliphatic carbocycles. The monoisotopic (exact) mass is 362 g/mol. The number of piperidine rings is 1. The molecule has 0 saturated carbocycles. The molecule has 0 aromatic heterocycles. The molecule has 2 heterocycles. The molecule has 0 radical (unpaired) electrons. The van der Waals surface area contributed by atoms with Gasteiger partial charge in [-0.25, -0.2) is 5.01 Å². The Morgan fingerprint density at radius 2 is 2.08 bits per heavy atom. The van der Waals surface area contributed by atoms with Crippen LogP contribution in [0.2, 0.25) is 5.02 Å². The van der Waals surface area contributed by atoms with E-state index in [4.69, 9.17) is 11.6 Å². The summed E-state index contributed by atoms with van der Waals surface area (Å²) in [5, 5.41) is 9.16. The first kappa shape index (κ1) is 17.9. The number of nitrogens with one attached hydrogen (secondary N) is 1. The first-order valence-corrected chi connectivity index (χ1v) is 9.01. The van der Waals surface area contributed by atoms with Crippen LogP contribution in [-0.2, 0) is 16.1 Å². The van der Waals surface area contributed by atoms with Gasteiger partial charge >= 0.3 is 0 Å². The van der Waals surface area contributed by atoms with Crippen molar-refractivity contribution in [1.82, 2.24) is 15.2 Å². The fraction of sp³-hybridized carbons (Fsp3) is 0.500. The fourth-order valence-electron chi connectivity index (χ4n) is 3.27. The summed E-state index contributed by atoms with van der Waals surface area (Å²) in [5.74, 6) is -0.207. The molecule has 134 valence electrons. The lowest BCUT2D eigenvalue weighted by Crippen LogP contribution is -2.49. The van der Waals surface area contributed by atoms with Crippen LogP contribution in [0.5, 0.6) is 0 Å². The number of carbonyl (C=O) groups excluding carboxylic acids is 2. The summed E-state index contributed by atoms with van der Waals surface area (Å²) >= 11 is 5.93. The van der Waals surface area contributed by atoms with Crippen LogP contribution in [-0.4, -0.2) is 53.6 Å². The second-order valence-electron chi connectivity index (χ2n) is 6.64. The van der Waals surface area contributed by atoms with Crippen LogP contribution < -0.4 is 5.32 Å².